The zero-order valence-corrected chi connectivity index (χ0v) is 13.5. The second kappa shape index (κ2) is 4.73. The molecule has 0 saturated carbocycles. The van der Waals surface area contributed by atoms with E-state index in [9.17, 15) is 0 Å². The van der Waals surface area contributed by atoms with Crippen molar-refractivity contribution in [3.8, 4) is 11.3 Å². The third-order valence-electron chi connectivity index (χ3n) is 4.31. The molecule has 112 valence electrons. The van der Waals surface area contributed by atoms with Gasteiger partial charge >= 0.3 is 0 Å². The van der Waals surface area contributed by atoms with Gasteiger partial charge in [0.05, 0.1) is 29.1 Å². The highest BCUT2D eigenvalue weighted by atomic mass is 32.1. The Morgan fingerprint density at radius 3 is 2.91 bits per heavy atom. The van der Waals surface area contributed by atoms with Gasteiger partial charge in [-0.1, -0.05) is 30.3 Å². The van der Waals surface area contributed by atoms with Crippen LogP contribution in [0.5, 0.6) is 0 Å². The number of pyridine rings is 1. The van der Waals surface area contributed by atoms with Gasteiger partial charge in [0.1, 0.15) is 10.7 Å². The second-order valence-electron chi connectivity index (χ2n) is 5.79. The molecule has 2 aromatic heterocycles. The van der Waals surface area contributed by atoms with Crippen molar-refractivity contribution in [3.63, 3.8) is 0 Å². The molecule has 0 unspecified atom stereocenters. The van der Waals surface area contributed by atoms with E-state index in [2.05, 4.69) is 40.0 Å². The van der Waals surface area contributed by atoms with E-state index >= 15 is 0 Å². The van der Waals surface area contributed by atoms with E-state index in [1.807, 2.05) is 24.5 Å². The van der Waals surface area contributed by atoms with E-state index in [4.69, 9.17) is 4.98 Å². The number of benzene rings is 1. The van der Waals surface area contributed by atoms with Crippen LogP contribution in [0.1, 0.15) is 10.4 Å². The summed E-state index contributed by atoms with van der Waals surface area (Å²) >= 11 is 1.70. The molecule has 0 aliphatic carbocycles. The predicted octanol–water partition coefficient (Wildman–Crippen LogP) is 4.01. The lowest BCUT2D eigenvalue weighted by Gasteiger charge is -2.17. The van der Waals surface area contributed by atoms with Crippen LogP contribution in [-0.4, -0.2) is 35.1 Å². The molecule has 0 fully saturated rings. The van der Waals surface area contributed by atoms with Crippen LogP contribution in [0.3, 0.4) is 0 Å². The van der Waals surface area contributed by atoms with Crippen LogP contribution in [0.15, 0.2) is 46.4 Å². The number of fused-ring (bicyclic) bond motifs is 5. The minimum atomic E-state index is 0.844. The van der Waals surface area contributed by atoms with E-state index < -0.39 is 0 Å². The molecule has 5 rings (SSSR count). The molecule has 0 saturated heterocycles. The molecule has 23 heavy (non-hydrogen) atoms. The number of aromatic nitrogens is 1. The van der Waals surface area contributed by atoms with Gasteiger partial charge in [-0.25, -0.2) is 9.98 Å². The van der Waals surface area contributed by atoms with Gasteiger partial charge < -0.3 is 4.90 Å². The summed E-state index contributed by atoms with van der Waals surface area (Å²) in [7, 11) is 0. The summed E-state index contributed by atoms with van der Waals surface area (Å²) in [5.41, 5.74) is 4.41. The summed E-state index contributed by atoms with van der Waals surface area (Å²) in [6, 6.07) is 12.5. The second-order valence-corrected chi connectivity index (χ2v) is 6.79. The van der Waals surface area contributed by atoms with Crippen LogP contribution >= 0.6 is 11.3 Å². The first-order chi connectivity index (χ1) is 11.3. The van der Waals surface area contributed by atoms with Gasteiger partial charge in [-0.2, -0.15) is 0 Å². The summed E-state index contributed by atoms with van der Waals surface area (Å²) in [6.45, 7) is 3.91. The third-order valence-corrected chi connectivity index (χ3v) is 5.38. The smallest absolute Gasteiger partial charge is 0.148 e. The highest BCUT2D eigenvalue weighted by molar-refractivity contribution is 7.21. The maximum Gasteiger partial charge on any atom is 0.148 e. The Morgan fingerprint density at radius 2 is 2.04 bits per heavy atom. The topological polar surface area (TPSA) is 40.9 Å². The highest BCUT2D eigenvalue weighted by Crippen LogP contribution is 2.42. The van der Waals surface area contributed by atoms with E-state index in [1.165, 1.54) is 5.56 Å². The minimum Gasteiger partial charge on any atom is -0.314 e. The van der Waals surface area contributed by atoms with Crippen molar-refractivity contribution in [1.29, 1.82) is 0 Å². The van der Waals surface area contributed by atoms with Gasteiger partial charge in [-0.3, -0.25) is 4.99 Å². The van der Waals surface area contributed by atoms with Crippen molar-refractivity contribution in [3.05, 3.63) is 46.8 Å². The Morgan fingerprint density at radius 1 is 1.17 bits per heavy atom. The Kier molecular flexibility index (Phi) is 2.67. The molecule has 4 nitrogen and oxygen atoms in total. The Labute approximate surface area is 137 Å². The zero-order valence-electron chi connectivity index (χ0n) is 12.7. The lowest BCUT2D eigenvalue weighted by atomic mass is 10.1. The van der Waals surface area contributed by atoms with Crippen LogP contribution in [0.4, 0.5) is 5.69 Å². The number of amidine groups is 1. The SMILES string of the molecule is Cc1cc(-c2ccccc2)nc2sc3c(c12)N=CN1CCN=C31. The summed E-state index contributed by atoms with van der Waals surface area (Å²) < 4.78 is 0. The molecule has 3 aromatic rings. The molecule has 5 heteroatoms. The number of hydrogen-bond acceptors (Lipinski definition) is 5. The molecule has 2 aliphatic rings. The highest BCUT2D eigenvalue weighted by Gasteiger charge is 2.28. The van der Waals surface area contributed by atoms with Crippen LogP contribution in [0.25, 0.3) is 21.5 Å². The summed E-state index contributed by atoms with van der Waals surface area (Å²) in [5, 5.41) is 1.16. The van der Waals surface area contributed by atoms with Gasteiger partial charge in [0.25, 0.3) is 0 Å². The largest absolute Gasteiger partial charge is 0.314 e. The van der Waals surface area contributed by atoms with Gasteiger partial charge in [0, 0.05) is 17.5 Å². The van der Waals surface area contributed by atoms with Crippen molar-refractivity contribution in [2.45, 2.75) is 6.92 Å². The first kappa shape index (κ1) is 13.0. The van der Waals surface area contributed by atoms with E-state index in [0.717, 1.165) is 51.0 Å². The van der Waals surface area contributed by atoms with Crippen molar-refractivity contribution in [1.82, 2.24) is 9.88 Å². The van der Waals surface area contributed by atoms with Gasteiger partial charge in [-0.05, 0) is 18.6 Å². The molecule has 4 heterocycles. The fourth-order valence-electron chi connectivity index (χ4n) is 3.20. The third kappa shape index (κ3) is 1.86. The van der Waals surface area contributed by atoms with Crippen molar-refractivity contribution in [2.24, 2.45) is 9.98 Å². The first-order valence-electron chi connectivity index (χ1n) is 7.66. The average molecular weight is 318 g/mol. The standard InChI is InChI=1S/C18H14N4S/c1-11-9-13(12-5-3-2-4-6-12)21-18-14(11)15-16(23-18)17-19-7-8-22(17)10-20-15/h2-6,9-10H,7-8H2,1H3. The molecule has 2 aliphatic heterocycles. The van der Waals surface area contributed by atoms with Crippen LogP contribution in [0, 0.1) is 6.92 Å². The summed E-state index contributed by atoms with van der Waals surface area (Å²) in [4.78, 5) is 18.5. The molecule has 0 spiro atoms. The monoisotopic (exact) mass is 318 g/mol. The number of aryl methyl sites for hydroxylation is 1. The maximum absolute atomic E-state index is 4.90. The lowest BCUT2D eigenvalue weighted by molar-refractivity contribution is 0.682. The maximum atomic E-state index is 4.90. The number of nitrogens with zero attached hydrogens (tertiary/aromatic N) is 4. The molecule has 0 radical (unpaired) electrons. The number of thiophene rings is 1. The fourth-order valence-corrected chi connectivity index (χ4v) is 4.42. The van der Waals surface area contributed by atoms with Crippen LogP contribution in [0.2, 0.25) is 0 Å². The number of aliphatic imine (C=N–C) groups is 2. The molecule has 0 bridgehead atoms. The van der Waals surface area contributed by atoms with Crippen molar-refractivity contribution in [2.75, 3.05) is 13.1 Å². The predicted molar refractivity (Wildman–Crippen MR) is 96.1 cm³/mol. The van der Waals surface area contributed by atoms with Crippen LogP contribution in [-0.2, 0) is 0 Å². The fraction of sp³-hybridized carbons (Fsp3) is 0.167. The molecule has 0 amide bonds. The molecule has 1 aromatic carbocycles. The Hall–Kier alpha value is -2.53. The van der Waals surface area contributed by atoms with Gasteiger partial charge in [0.2, 0.25) is 0 Å². The van der Waals surface area contributed by atoms with E-state index in [-0.39, 0.29) is 0 Å². The van der Waals surface area contributed by atoms with Crippen molar-refractivity contribution >= 4 is 39.4 Å². The number of rotatable bonds is 1. The Balaban J connectivity index is 1.77. The zero-order chi connectivity index (χ0) is 15.4. The average Bonchev–Trinajstić information content (AvgIpc) is 3.19. The molecular weight excluding hydrogens is 304 g/mol. The summed E-state index contributed by atoms with van der Waals surface area (Å²) in [5.74, 6) is 1.05. The number of hydrogen-bond donors (Lipinski definition) is 0. The summed E-state index contributed by atoms with van der Waals surface area (Å²) in [6.07, 6.45) is 1.91. The molecule has 0 atom stereocenters. The van der Waals surface area contributed by atoms with E-state index in [1.54, 1.807) is 11.3 Å². The van der Waals surface area contributed by atoms with Gasteiger partial charge in [0.15, 0.2) is 0 Å². The van der Waals surface area contributed by atoms with Crippen LogP contribution < -0.4 is 0 Å². The quantitative estimate of drug-likeness (QED) is 0.680. The van der Waals surface area contributed by atoms with Gasteiger partial charge in [-0.15, -0.1) is 11.3 Å². The molecular formula is C18H14N4S. The lowest BCUT2D eigenvalue weighted by Crippen LogP contribution is -2.28. The Bertz CT molecular complexity index is 985. The minimum absolute atomic E-state index is 0.844. The normalized spacial score (nSPS) is 15.7. The first-order valence-corrected chi connectivity index (χ1v) is 8.48. The van der Waals surface area contributed by atoms with E-state index in [0.29, 0.717) is 0 Å². The van der Waals surface area contributed by atoms with Crippen molar-refractivity contribution < 1.29 is 0 Å². The molecule has 0 N–H and O–H groups in total.